The molecule has 0 unspecified atom stereocenters. The third-order valence-electron chi connectivity index (χ3n) is 1.98. The van der Waals surface area contributed by atoms with Crippen molar-refractivity contribution in [2.24, 2.45) is 0 Å². The van der Waals surface area contributed by atoms with Crippen LogP contribution in [0.5, 0.6) is 5.75 Å². The van der Waals surface area contributed by atoms with Crippen molar-refractivity contribution in [2.45, 2.75) is 6.92 Å². The first kappa shape index (κ1) is 7.79. The van der Waals surface area contributed by atoms with Gasteiger partial charge in [0.05, 0.1) is 11.1 Å². The highest BCUT2D eigenvalue weighted by atomic mass is 16.3. The monoisotopic (exact) mass is 176 g/mol. The lowest BCUT2D eigenvalue weighted by Gasteiger charge is -2.01. The van der Waals surface area contributed by atoms with Gasteiger partial charge in [-0.1, -0.05) is 0 Å². The number of aromatic amines is 1. The molecule has 0 atom stereocenters. The molecule has 4 heteroatoms. The predicted molar refractivity (Wildman–Crippen MR) is 48.8 cm³/mol. The second-order valence-corrected chi connectivity index (χ2v) is 2.85. The number of pyridine rings is 2. The van der Waals surface area contributed by atoms with Crippen LogP contribution in [0.15, 0.2) is 23.3 Å². The first-order valence-corrected chi connectivity index (χ1v) is 3.85. The summed E-state index contributed by atoms with van der Waals surface area (Å²) in [7, 11) is 0. The first-order chi connectivity index (χ1) is 6.20. The number of nitrogens with zero attached hydrogens (tertiary/aromatic N) is 1. The molecule has 0 aliphatic carbocycles. The van der Waals surface area contributed by atoms with Crippen molar-refractivity contribution in [3.63, 3.8) is 0 Å². The van der Waals surface area contributed by atoms with Gasteiger partial charge in [-0.2, -0.15) is 0 Å². The Morgan fingerprint density at radius 2 is 2.23 bits per heavy atom. The minimum absolute atomic E-state index is 0.0858. The normalized spacial score (nSPS) is 10.5. The van der Waals surface area contributed by atoms with Crippen molar-refractivity contribution in [1.29, 1.82) is 0 Å². The molecule has 66 valence electrons. The number of hydrogen-bond donors (Lipinski definition) is 2. The SMILES string of the molecule is Cc1[nH]c(=O)c2ccncc2c1O. The van der Waals surface area contributed by atoms with Gasteiger partial charge < -0.3 is 10.1 Å². The average Bonchev–Trinajstić information content (AvgIpc) is 2.15. The summed E-state index contributed by atoms with van der Waals surface area (Å²) >= 11 is 0. The number of rotatable bonds is 0. The molecule has 0 amide bonds. The molecule has 0 saturated carbocycles. The number of aromatic hydroxyl groups is 1. The van der Waals surface area contributed by atoms with E-state index >= 15 is 0 Å². The molecule has 2 rings (SSSR count). The Bertz CT molecular complexity index is 516. The molecule has 0 aliphatic rings. The summed E-state index contributed by atoms with van der Waals surface area (Å²) in [4.78, 5) is 17.7. The molecule has 0 bridgehead atoms. The molecular formula is C9H8N2O2. The van der Waals surface area contributed by atoms with E-state index in [9.17, 15) is 9.90 Å². The number of fused-ring (bicyclic) bond motifs is 1. The van der Waals surface area contributed by atoms with Crippen molar-refractivity contribution in [3.05, 3.63) is 34.5 Å². The third kappa shape index (κ3) is 1.07. The van der Waals surface area contributed by atoms with Gasteiger partial charge >= 0.3 is 0 Å². The van der Waals surface area contributed by atoms with Gasteiger partial charge in [-0.15, -0.1) is 0 Å². The highest BCUT2D eigenvalue weighted by molar-refractivity contribution is 5.86. The zero-order valence-electron chi connectivity index (χ0n) is 7.03. The molecule has 0 radical (unpaired) electrons. The highest BCUT2D eigenvalue weighted by Gasteiger charge is 2.05. The van der Waals surface area contributed by atoms with E-state index in [4.69, 9.17) is 0 Å². The average molecular weight is 176 g/mol. The molecule has 0 aliphatic heterocycles. The van der Waals surface area contributed by atoms with Crippen LogP contribution in [0, 0.1) is 6.92 Å². The summed E-state index contributed by atoms with van der Waals surface area (Å²) in [5.41, 5.74) is 0.262. The van der Waals surface area contributed by atoms with Crippen LogP contribution >= 0.6 is 0 Å². The van der Waals surface area contributed by atoms with E-state index < -0.39 is 0 Å². The van der Waals surface area contributed by atoms with Crippen LogP contribution in [0.4, 0.5) is 0 Å². The van der Waals surface area contributed by atoms with Gasteiger partial charge in [0.1, 0.15) is 5.75 Å². The molecule has 2 heterocycles. The molecule has 0 spiro atoms. The van der Waals surface area contributed by atoms with E-state index in [1.165, 1.54) is 12.4 Å². The second kappa shape index (κ2) is 2.58. The zero-order valence-corrected chi connectivity index (χ0v) is 7.03. The fraction of sp³-hybridized carbons (Fsp3) is 0.111. The molecule has 2 aromatic rings. The van der Waals surface area contributed by atoms with E-state index in [-0.39, 0.29) is 11.3 Å². The second-order valence-electron chi connectivity index (χ2n) is 2.85. The number of hydrogen-bond acceptors (Lipinski definition) is 3. The third-order valence-corrected chi connectivity index (χ3v) is 1.98. The highest BCUT2D eigenvalue weighted by Crippen LogP contribution is 2.22. The molecule has 0 fully saturated rings. The summed E-state index contributed by atoms with van der Waals surface area (Å²) in [6, 6.07) is 1.58. The maximum atomic E-state index is 11.4. The standard InChI is InChI=1S/C9H8N2O2/c1-5-8(12)7-4-10-3-2-6(7)9(13)11-5/h2-4,12H,1H3,(H,11,13). The van der Waals surface area contributed by atoms with Crippen molar-refractivity contribution in [3.8, 4) is 5.75 Å². The van der Waals surface area contributed by atoms with Crippen molar-refractivity contribution in [1.82, 2.24) is 9.97 Å². The lowest BCUT2D eigenvalue weighted by Crippen LogP contribution is -2.07. The Labute approximate surface area is 73.9 Å². The van der Waals surface area contributed by atoms with Crippen molar-refractivity contribution in [2.75, 3.05) is 0 Å². The van der Waals surface area contributed by atoms with E-state index in [1.807, 2.05) is 0 Å². The first-order valence-electron chi connectivity index (χ1n) is 3.85. The quantitative estimate of drug-likeness (QED) is 0.627. The maximum absolute atomic E-state index is 11.4. The van der Waals surface area contributed by atoms with E-state index in [0.29, 0.717) is 16.5 Å². The Balaban J connectivity index is 3.06. The smallest absolute Gasteiger partial charge is 0.256 e. The Morgan fingerprint density at radius 3 is 3.00 bits per heavy atom. The van der Waals surface area contributed by atoms with Gasteiger partial charge in [-0.25, -0.2) is 0 Å². The van der Waals surface area contributed by atoms with E-state index in [1.54, 1.807) is 13.0 Å². The molecule has 0 aromatic carbocycles. The Morgan fingerprint density at radius 1 is 1.46 bits per heavy atom. The van der Waals surface area contributed by atoms with Crippen LogP contribution < -0.4 is 5.56 Å². The molecular weight excluding hydrogens is 168 g/mol. The summed E-state index contributed by atoms with van der Waals surface area (Å²) in [6.07, 6.45) is 3.00. The van der Waals surface area contributed by atoms with Crippen LogP contribution in [0.1, 0.15) is 5.69 Å². The van der Waals surface area contributed by atoms with Gasteiger partial charge in [0.25, 0.3) is 5.56 Å². The lowest BCUT2D eigenvalue weighted by atomic mass is 10.2. The summed E-state index contributed by atoms with van der Waals surface area (Å²) < 4.78 is 0. The van der Waals surface area contributed by atoms with Crippen LogP contribution in [0.3, 0.4) is 0 Å². The number of nitrogens with one attached hydrogen (secondary N) is 1. The fourth-order valence-corrected chi connectivity index (χ4v) is 1.28. The maximum Gasteiger partial charge on any atom is 0.256 e. The van der Waals surface area contributed by atoms with Crippen LogP contribution in [0.2, 0.25) is 0 Å². The van der Waals surface area contributed by atoms with Gasteiger partial charge in [0.2, 0.25) is 0 Å². The minimum Gasteiger partial charge on any atom is -0.505 e. The lowest BCUT2D eigenvalue weighted by molar-refractivity contribution is 0.474. The number of aromatic nitrogens is 2. The topological polar surface area (TPSA) is 66.0 Å². The molecule has 0 saturated heterocycles. The van der Waals surface area contributed by atoms with E-state index in [2.05, 4.69) is 9.97 Å². The van der Waals surface area contributed by atoms with Gasteiger partial charge in [-0.3, -0.25) is 9.78 Å². The van der Waals surface area contributed by atoms with Crippen LogP contribution in [-0.4, -0.2) is 15.1 Å². The largest absolute Gasteiger partial charge is 0.505 e. The molecule has 2 N–H and O–H groups in total. The summed E-state index contributed by atoms with van der Waals surface area (Å²) in [5, 5.41) is 10.5. The van der Waals surface area contributed by atoms with Crippen molar-refractivity contribution < 1.29 is 5.11 Å². The van der Waals surface area contributed by atoms with Gasteiger partial charge in [0, 0.05) is 17.8 Å². The molecule has 2 aromatic heterocycles. The van der Waals surface area contributed by atoms with Crippen molar-refractivity contribution >= 4 is 10.8 Å². The van der Waals surface area contributed by atoms with Gasteiger partial charge in [-0.05, 0) is 13.0 Å². The molecule has 13 heavy (non-hydrogen) atoms. The van der Waals surface area contributed by atoms with Crippen LogP contribution in [-0.2, 0) is 0 Å². The minimum atomic E-state index is -0.201. The zero-order chi connectivity index (χ0) is 9.42. The Kier molecular flexibility index (Phi) is 1.55. The molecule has 4 nitrogen and oxygen atoms in total. The fourth-order valence-electron chi connectivity index (χ4n) is 1.28. The van der Waals surface area contributed by atoms with E-state index in [0.717, 1.165) is 0 Å². The Hall–Kier alpha value is -1.84. The summed E-state index contributed by atoms with van der Waals surface area (Å²) in [6.45, 7) is 1.64. The predicted octanol–water partition coefficient (Wildman–Crippen LogP) is 0.937. The summed E-state index contributed by atoms with van der Waals surface area (Å²) in [5.74, 6) is 0.0858. The van der Waals surface area contributed by atoms with Gasteiger partial charge in [0.15, 0.2) is 0 Å². The number of aryl methyl sites for hydroxylation is 1. The number of H-pyrrole nitrogens is 1. The van der Waals surface area contributed by atoms with Crippen LogP contribution in [0.25, 0.3) is 10.8 Å².